The summed E-state index contributed by atoms with van der Waals surface area (Å²) in [6, 6.07) is 6.30. The highest BCUT2D eigenvalue weighted by Gasteiger charge is 2.34. The molecule has 118 valence electrons. The molecular weight excluding hydrogens is 295 g/mol. The maximum Gasteiger partial charge on any atom is 0.433 e. The van der Waals surface area contributed by atoms with Crippen LogP contribution in [-0.4, -0.2) is 38.3 Å². The number of methoxy groups -OCH3 is 1. The van der Waals surface area contributed by atoms with E-state index in [1.54, 1.807) is 18.2 Å². The van der Waals surface area contributed by atoms with E-state index in [1.807, 2.05) is 4.90 Å². The fourth-order valence-electron chi connectivity index (χ4n) is 2.68. The van der Waals surface area contributed by atoms with Crippen LogP contribution in [0.1, 0.15) is 5.69 Å². The molecule has 0 bridgehead atoms. The van der Waals surface area contributed by atoms with Crippen molar-refractivity contribution < 1.29 is 17.9 Å². The van der Waals surface area contributed by atoms with Crippen LogP contribution in [0.3, 0.4) is 0 Å². The van der Waals surface area contributed by atoms with Gasteiger partial charge in [0.15, 0.2) is 0 Å². The SMILES string of the molecule is COc1cccc2c(N3CCNCC3)cc(C(F)(F)F)nc12. The van der Waals surface area contributed by atoms with Crippen LogP contribution in [-0.2, 0) is 6.18 Å². The molecule has 1 aliphatic heterocycles. The number of rotatable bonds is 2. The van der Waals surface area contributed by atoms with Crippen molar-refractivity contribution in [3.8, 4) is 5.75 Å². The van der Waals surface area contributed by atoms with Gasteiger partial charge in [-0.15, -0.1) is 0 Å². The summed E-state index contributed by atoms with van der Waals surface area (Å²) in [7, 11) is 1.43. The number of pyridine rings is 1. The molecule has 0 saturated carbocycles. The molecule has 0 amide bonds. The van der Waals surface area contributed by atoms with Crippen molar-refractivity contribution in [1.82, 2.24) is 10.3 Å². The Morgan fingerprint density at radius 3 is 2.59 bits per heavy atom. The molecule has 0 radical (unpaired) electrons. The van der Waals surface area contributed by atoms with Gasteiger partial charge in [-0.1, -0.05) is 12.1 Å². The molecule has 1 N–H and O–H groups in total. The van der Waals surface area contributed by atoms with Gasteiger partial charge in [0.25, 0.3) is 0 Å². The summed E-state index contributed by atoms with van der Waals surface area (Å²) in [5, 5.41) is 3.87. The molecular formula is C15H16F3N3O. The van der Waals surface area contributed by atoms with Gasteiger partial charge in [-0.25, -0.2) is 4.98 Å². The number of fused-ring (bicyclic) bond motifs is 1. The van der Waals surface area contributed by atoms with E-state index in [9.17, 15) is 13.2 Å². The summed E-state index contributed by atoms with van der Waals surface area (Å²) in [6.45, 7) is 2.81. The second-order valence-electron chi connectivity index (χ2n) is 5.12. The molecule has 1 aromatic carbocycles. The van der Waals surface area contributed by atoms with Crippen molar-refractivity contribution >= 4 is 16.6 Å². The highest BCUT2D eigenvalue weighted by atomic mass is 19.4. The summed E-state index contributed by atoms with van der Waals surface area (Å²) >= 11 is 0. The molecule has 0 aliphatic carbocycles. The van der Waals surface area contributed by atoms with Crippen molar-refractivity contribution in [2.45, 2.75) is 6.18 Å². The summed E-state index contributed by atoms with van der Waals surface area (Å²) in [5.41, 5.74) is -0.0934. The number of anilines is 1. The Labute approximate surface area is 125 Å². The normalized spacial score (nSPS) is 16.1. The molecule has 22 heavy (non-hydrogen) atoms. The van der Waals surface area contributed by atoms with E-state index in [1.165, 1.54) is 7.11 Å². The highest BCUT2D eigenvalue weighted by Crippen LogP contribution is 2.37. The number of para-hydroxylation sites is 1. The lowest BCUT2D eigenvalue weighted by Gasteiger charge is -2.31. The molecule has 1 aromatic heterocycles. The summed E-state index contributed by atoms with van der Waals surface area (Å²) in [5.74, 6) is 0.347. The quantitative estimate of drug-likeness (QED) is 0.925. The van der Waals surface area contributed by atoms with Gasteiger partial charge in [0, 0.05) is 37.3 Å². The molecule has 3 rings (SSSR count). The highest BCUT2D eigenvalue weighted by molar-refractivity contribution is 5.95. The van der Waals surface area contributed by atoms with Crippen LogP contribution < -0.4 is 15.0 Å². The first-order chi connectivity index (χ1) is 10.5. The van der Waals surface area contributed by atoms with Crippen LogP contribution in [0.4, 0.5) is 18.9 Å². The van der Waals surface area contributed by atoms with Gasteiger partial charge in [0.1, 0.15) is 17.0 Å². The molecule has 0 spiro atoms. The first-order valence-electron chi connectivity index (χ1n) is 7.01. The number of benzene rings is 1. The van der Waals surface area contributed by atoms with Crippen LogP contribution >= 0.6 is 0 Å². The molecule has 1 saturated heterocycles. The van der Waals surface area contributed by atoms with Gasteiger partial charge in [0.05, 0.1) is 7.11 Å². The Bertz CT molecular complexity index is 682. The predicted molar refractivity (Wildman–Crippen MR) is 78.4 cm³/mol. The molecule has 1 aliphatic rings. The van der Waals surface area contributed by atoms with Gasteiger partial charge in [-0.05, 0) is 12.1 Å². The Morgan fingerprint density at radius 1 is 1.23 bits per heavy atom. The van der Waals surface area contributed by atoms with Crippen molar-refractivity contribution in [2.24, 2.45) is 0 Å². The number of nitrogens with zero attached hydrogens (tertiary/aromatic N) is 2. The molecule has 2 heterocycles. The van der Waals surface area contributed by atoms with Gasteiger partial charge >= 0.3 is 6.18 Å². The topological polar surface area (TPSA) is 37.4 Å². The molecule has 0 atom stereocenters. The number of ether oxygens (including phenoxy) is 1. The van der Waals surface area contributed by atoms with E-state index in [0.29, 0.717) is 29.9 Å². The van der Waals surface area contributed by atoms with Crippen molar-refractivity contribution in [1.29, 1.82) is 0 Å². The predicted octanol–water partition coefficient (Wildman–Crippen LogP) is 2.67. The van der Waals surface area contributed by atoms with Crippen LogP contribution in [0.15, 0.2) is 24.3 Å². The number of nitrogens with one attached hydrogen (secondary N) is 1. The van der Waals surface area contributed by atoms with Crippen molar-refractivity contribution in [3.63, 3.8) is 0 Å². The number of halogens is 3. The third kappa shape index (κ3) is 2.68. The second kappa shape index (κ2) is 5.64. The smallest absolute Gasteiger partial charge is 0.433 e. The number of hydrogen-bond acceptors (Lipinski definition) is 4. The van der Waals surface area contributed by atoms with Gasteiger partial charge < -0.3 is 15.0 Å². The van der Waals surface area contributed by atoms with Crippen LogP contribution in [0, 0.1) is 0 Å². The molecule has 7 heteroatoms. The lowest BCUT2D eigenvalue weighted by molar-refractivity contribution is -0.140. The Morgan fingerprint density at radius 2 is 1.95 bits per heavy atom. The maximum atomic E-state index is 13.2. The zero-order valence-electron chi connectivity index (χ0n) is 12.1. The number of aromatic nitrogens is 1. The average Bonchev–Trinajstić information content (AvgIpc) is 2.53. The van der Waals surface area contributed by atoms with Crippen LogP contribution in [0.2, 0.25) is 0 Å². The minimum absolute atomic E-state index is 0.244. The largest absolute Gasteiger partial charge is 0.494 e. The first-order valence-corrected chi connectivity index (χ1v) is 7.01. The fourth-order valence-corrected chi connectivity index (χ4v) is 2.68. The lowest BCUT2D eigenvalue weighted by atomic mass is 10.1. The van der Waals surface area contributed by atoms with E-state index in [2.05, 4.69) is 10.3 Å². The fraction of sp³-hybridized carbons (Fsp3) is 0.400. The van der Waals surface area contributed by atoms with E-state index < -0.39 is 11.9 Å². The van der Waals surface area contributed by atoms with Gasteiger partial charge in [-0.3, -0.25) is 0 Å². The monoisotopic (exact) mass is 311 g/mol. The number of alkyl halides is 3. The summed E-state index contributed by atoms with van der Waals surface area (Å²) in [6.07, 6.45) is -4.49. The molecule has 0 unspecified atom stereocenters. The lowest BCUT2D eigenvalue weighted by Crippen LogP contribution is -2.43. The first kappa shape index (κ1) is 14.9. The van der Waals surface area contributed by atoms with Crippen molar-refractivity contribution in [2.75, 3.05) is 38.2 Å². The zero-order chi connectivity index (χ0) is 15.7. The minimum Gasteiger partial charge on any atom is -0.494 e. The van der Waals surface area contributed by atoms with E-state index in [0.717, 1.165) is 19.2 Å². The van der Waals surface area contributed by atoms with Gasteiger partial charge in [-0.2, -0.15) is 13.2 Å². The number of hydrogen-bond donors (Lipinski definition) is 1. The standard InChI is InChI=1S/C15H16F3N3O/c1-22-12-4-2-3-10-11(21-7-5-19-6-8-21)9-13(15(16,17)18)20-14(10)12/h2-4,9,19H,5-8H2,1H3. The Balaban J connectivity index is 2.23. The number of piperazine rings is 1. The Hall–Kier alpha value is -2.02. The molecule has 4 nitrogen and oxygen atoms in total. The van der Waals surface area contributed by atoms with E-state index >= 15 is 0 Å². The van der Waals surface area contributed by atoms with E-state index in [-0.39, 0.29) is 5.52 Å². The average molecular weight is 311 g/mol. The zero-order valence-corrected chi connectivity index (χ0v) is 12.1. The summed E-state index contributed by atoms with van der Waals surface area (Å²) < 4.78 is 44.7. The van der Waals surface area contributed by atoms with Crippen LogP contribution in [0.25, 0.3) is 10.9 Å². The second-order valence-corrected chi connectivity index (χ2v) is 5.12. The van der Waals surface area contributed by atoms with Crippen molar-refractivity contribution in [3.05, 3.63) is 30.0 Å². The summed E-state index contributed by atoms with van der Waals surface area (Å²) in [4.78, 5) is 5.73. The van der Waals surface area contributed by atoms with E-state index in [4.69, 9.17) is 4.74 Å². The minimum atomic E-state index is -4.49. The van der Waals surface area contributed by atoms with Crippen LogP contribution in [0.5, 0.6) is 5.75 Å². The Kier molecular flexibility index (Phi) is 3.82. The third-order valence-corrected chi connectivity index (χ3v) is 3.75. The molecule has 2 aromatic rings. The third-order valence-electron chi connectivity index (χ3n) is 3.75. The maximum absolute atomic E-state index is 13.2. The molecule has 1 fully saturated rings. The van der Waals surface area contributed by atoms with Gasteiger partial charge in [0.2, 0.25) is 0 Å².